The van der Waals surface area contributed by atoms with Gasteiger partial charge in [0, 0.05) is 12.3 Å². The molecule has 10 heavy (non-hydrogen) atoms. The highest BCUT2D eigenvalue weighted by molar-refractivity contribution is 5.85. The molecule has 1 rings (SSSR count). The van der Waals surface area contributed by atoms with Crippen molar-refractivity contribution in [3.8, 4) is 0 Å². The van der Waals surface area contributed by atoms with Crippen LogP contribution in [0.4, 0.5) is 0 Å². The fourth-order valence-electron chi connectivity index (χ4n) is 0.793. The van der Waals surface area contributed by atoms with Crippen LogP contribution in [-0.4, -0.2) is 12.2 Å². The van der Waals surface area contributed by atoms with Crippen molar-refractivity contribution in [2.24, 2.45) is 11.7 Å². The Hall–Kier alpha value is -0.540. The van der Waals surface area contributed by atoms with E-state index in [1.807, 2.05) is 0 Å². The van der Waals surface area contributed by atoms with E-state index in [2.05, 4.69) is 11.3 Å². The summed E-state index contributed by atoms with van der Waals surface area (Å²) in [6.45, 7) is 3.90. The summed E-state index contributed by atoms with van der Waals surface area (Å²) in [5.74, 6) is 0.155. The third kappa shape index (κ3) is 1.49. The van der Waals surface area contributed by atoms with Gasteiger partial charge in [0.25, 0.3) is 6.47 Å². The van der Waals surface area contributed by atoms with E-state index in [1.165, 1.54) is 0 Å². The maximum absolute atomic E-state index is 9.79. The van der Waals surface area contributed by atoms with E-state index in [0.29, 0.717) is 12.9 Å². The lowest BCUT2D eigenvalue weighted by Crippen LogP contribution is -2.27. The topological polar surface area (TPSA) is 52.3 Å². The van der Waals surface area contributed by atoms with Crippen molar-refractivity contribution in [2.75, 3.05) is 0 Å². The van der Waals surface area contributed by atoms with Gasteiger partial charge in [0.1, 0.15) is 0 Å². The minimum Gasteiger partial charge on any atom is -0.446 e. The molecule has 0 heterocycles. The predicted molar refractivity (Wildman–Crippen MR) is 39.6 cm³/mol. The van der Waals surface area contributed by atoms with E-state index in [9.17, 15) is 4.79 Å². The van der Waals surface area contributed by atoms with Crippen molar-refractivity contribution in [3.05, 3.63) is 12.7 Å². The second-order valence-corrected chi connectivity index (χ2v) is 2.22. The number of rotatable bonds is 3. The first-order valence-electron chi connectivity index (χ1n) is 2.76. The van der Waals surface area contributed by atoms with Gasteiger partial charge in [0.2, 0.25) is 0 Å². The molecule has 0 amide bonds. The van der Waals surface area contributed by atoms with Crippen LogP contribution in [0.2, 0.25) is 0 Å². The average Bonchev–Trinajstić information content (AvgIpc) is 2.43. The molecule has 0 bridgehead atoms. The minimum absolute atomic E-state index is 0. The minimum atomic E-state index is -0.719. The largest absolute Gasteiger partial charge is 0.446 e. The fourth-order valence-corrected chi connectivity index (χ4v) is 0.793. The molecule has 0 saturated heterocycles. The van der Waals surface area contributed by atoms with Crippen LogP contribution >= 0.6 is 12.4 Å². The first-order chi connectivity index (χ1) is 4.23. The zero-order valence-corrected chi connectivity index (χ0v) is 6.26. The number of nitrogens with two attached hydrogens (primary N) is 1. The molecule has 0 aliphatic heterocycles. The summed E-state index contributed by atoms with van der Waals surface area (Å²) in [4.78, 5) is 9.79. The normalized spacial score (nSPS) is 35.5. The van der Waals surface area contributed by atoms with Gasteiger partial charge in [-0.25, -0.2) is 0 Å². The van der Waals surface area contributed by atoms with E-state index in [1.54, 1.807) is 6.08 Å². The zero-order chi connectivity index (χ0) is 6.91. The van der Waals surface area contributed by atoms with Crippen molar-refractivity contribution >= 4 is 18.9 Å². The van der Waals surface area contributed by atoms with Crippen LogP contribution in [0, 0.1) is 5.92 Å². The molecule has 2 N–H and O–H groups in total. The van der Waals surface area contributed by atoms with Crippen LogP contribution in [0.1, 0.15) is 6.42 Å². The number of halogens is 1. The van der Waals surface area contributed by atoms with Crippen LogP contribution in [0.25, 0.3) is 0 Å². The third-order valence-electron chi connectivity index (χ3n) is 1.56. The van der Waals surface area contributed by atoms with Gasteiger partial charge >= 0.3 is 0 Å². The molecule has 1 fully saturated rings. The number of hydrogen-bond acceptors (Lipinski definition) is 3. The Morgan fingerprint density at radius 2 is 2.40 bits per heavy atom. The van der Waals surface area contributed by atoms with Crippen molar-refractivity contribution in [1.82, 2.24) is 0 Å². The monoisotopic (exact) mass is 163 g/mol. The molecule has 0 aromatic rings. The first kappa shape index (κ1) is 9.46. The van der Waals surface area contributed by atoms with E-state index in [4.69, 9.17) is 5.73 Å². The molecule has 2 atom stereocenters. The van der Waals surface area contributed by atoms with E-state index in [-0.39, 0.29) is 18.3 Å². The highest BCUT2D eigenvalue weighted by atomic mass is 35.5. The number of hydrogen-bond donors (Lipinski definition) is 1. The SMILES string of the molecule is C=CC1CC1(N)OC=O.Cl. The number of carbonyl (C=O) groups excluding carboxylic acids is 1. The van der Waals surface area contributed by atoms with E-state index >= 15 is 0 Å². The van der Waals surface area contributed by atoms with Gasteiger partial charge in [-0.3, -0.25) is 10.5 Å². The molecule has 0 aromatic carbocycles. The van der Waals surface area contributed by atoms with Gasteiger partial charge in [-0.2, -0.15) is 0 Å². The molecule has 4 heteroatoms. The van der Waals surface area contributed by atoms with Crippen molar-refractivity contribution < 1.29 is 9.53 Å². The smallest absolute Gasteiger partial charge is 0.294 e. The first-order valence-corrected chi connectivity index (χ1v) is 2.76. The summed E-state index contributed by atoms with van der Waals surface area (Å²) in [6.07, 6.45) is 2.40. The Balaban J connectivity index is 0.000000810. The Labute approximate surface area is 65.6 Å². The summed E-state index contributed by atoms with van der Waals surface area (Å²) in [5.41, 5.74) is 4.77. The van der Waals surface area contributed by atoms with Gasteiger partial charge < -0.3 is 4.74 Å². The van der Waals surface area contributed by atoms with E-state index < -0.39 is 5.72 Å². The van der Waals surface area contributed by atoms with Gasteiger partial charge in [-0.05, 0) is 0 Å². The maximum atomic E-state index is 9.79. The van der Waals surface area contributed by atoms with Gasteiger partial charge in [0.15, 0.2) is 5.72 Å². The van der Waals surface area contributed by atoms with Gasteiger partial charge in [-0.1, -0.05) is 6.08 Å². The molecule has 3 nitrogen and oxygen atoms in total. The summed E-state index contributed by atoms with van der Waals surface area (Å²) in [6, 6.07) is 0. The third-order valence-corrected chi connectivity index (χ3v) is 1.56. The zero-order valence-electron chi connectivity index (χ0n) is 5.45. The van der Waals surface area contributed by atoms with Gasteiger partial charge in [0.05, 0.1) is 0 Å². The van der Waals surface area contributed by atoms with Crippen molar-refractivity contribution in [2.45, 2.75) is 12.1 Å². The molecule has 1 aliphatic rings. The lowest BCUT2D eigenvalue weighted by molar-refractivity contribution is -0.135. The van der Waals surface area contributed by atoms with Crippen LogP contribution < -0.4 is 5.73 Å². The molecule has 1 saturated carbocycles. The lowest BCUT2D eigenvalue weighted by Gasteiger charge is -2.05. The fraction of sp³-hybridized carbons (Fsp3) is 0.500. The molecular weight excluding hydrogens is 154 g/mol. The molecule has 0 radical (unpaired) electrons. The van der Waals surface area contributed by atoms with Crippen LogP contribution in [0.3, 0.4) is 0 Å². The van der Waals surface area contributed by atoms with Crippen molar-refractivity contribution in [3.63, 3.8) is 0 Å². The molecule has 58 valence electrons. The standard InChI is InChI=1S/C6H9NO2.ClH/c1-2-5-3-6(5,7)9-4-8;/h2,4-5H,1,3,7H2;1H. The summed E-state index contributed by atoms with van der Waals surface area (Å²) in [5, 5.41) is 0. The maximum Gasteiger partial charge on any atom is 0.294 e. The number of carbonyl (C=O) groups is 1. The Kier molecular flexibility index (Phi) is 2.87. The molecule has 1 aliphatic carbocycles. The van der Waals surface area contributed by atoms with Crippen LogP contribution in [-0.2, 0) is 9.53 Å². The summed E-state index contributed by atoms with van der Waals surface area (Å²) in [7, 11) is 0. The predicted octanol–water partition coefficient (Wildman–Crippen LogP) is 0.442. The highest BCUT2D eigenvalue weighted by Crippen LogP contribution is 2.41. The molecular formula is C6H10ClNO2. The quantitative estimate of drug-likeness (QED) is 0.373. The average molecular weight is 164 g/mol. The highest BCUT2D eigenvalue weighted by Gasteiger charge is 2.51. The molecule has 0 spiro atoms. The van der Waals surface area contributed by atoms with Crippen LogP contribution in [0.15, 0.2) is 12.7 Å². The Morgan fingerprint density at radius 3 is 2.70 bits per heavy atom. The second kappa shape index (κ2) is 3.03. The Bertz CT molecular complexity index is 151. The summed E-state index contributed by atoms with van der Waals surface area (Å²) >= 11 is 0. The van der Waals surface area contributed by atoms with E-state index in [0.717, 1.165) is 0 Å². The lowest BCUT2D eigenvalue weighted by atomic mass is 10.4. The number of ether oxygens (including phenoxy) is 1. The Morgan fingerprint density at radius 1 is 1.80 bits per heavy atom. The second-order valence-electron chi connectivity index (χ2n) is 2.22. The molecule has 2 unspecified atom stereocenters. The van der Waals surface area contributed by atoms with Crippen molar-refractivity contribution in [1.29, 1.82) is 0 Å². The van der Waals surface area contributed by atoms with Crippen LogP contribution in [0.5, 0.6) is 0 Å². The molecule has 0 aromatic heterocycles. The van der Waals surface area contributed by atoms with Gasteiger partial charge in [-0.15, -0.1) is 19.0 Å². The summed E-state index contributed by atoms with van der Waals surface area (Å²) < 4.78 is 4.57.